The Labute approximate surface area is 189 Å². The van der Waals surface area contributed by atoms with Crippen molar-refractivity contribution in [2.24, 2.45) is 5.41 Å². The third kappa shape index (κ3) is 4.84. The highest BCUT2D eigenvalue weighted by atomic mass is 16.2. The van der Waals surface area contributed by atoms with Crippen LogP contribution in [-0.4, -0.2) is 84.8 Å². The van der Waals surface area contributed by atoms with Crippen LogP contribution in [-0.2, 0) is 4.79 Å². The predicted molar refractivity (Wildman–Crippen MR) is 125 cm³/mol. The lowest BCUT2D eigenvalue weighted by Gasteiger charge is -2.36. The monoisotopic (exact) mass is 436 g/mol. The third-order valence-corrected chi connectivity index (χ3v) is 6.14. The Balaban J connectivity index is 1.30. The smallest absolute Gasteiger partial charge is 0.261 e. The van der Waals surface area contributed by atoms with Gasteiger partial charge >= 0.3 is 0 Å². The predicted octanol–water partition coefficient (Wildman–Crippen LogP) is 2.22. The molecule has 0 spiro atoms. The highest BCUT2D eigenvalue weighted by molar-refractivity contribution is 6.25. The van der Waals surface area contributed by atoms with Crippen molar-refractivity contribution in [2.45, 2.75) is 20.8 Å². The summed E-state index contributed by atoms with van der Waals surface area (Å²) in [5, 5.41) is 4.68. The van der Waals surface area contributed by atoms with E-state index in [9.17, 15) is 14.4 Å². The zero-order chi connectivity index (χ0) is 22.9. The minimum atomic E-state index is -0.214. The van der Waals surface area contributed by atoms with E-state index in [1.54, 1.807) is 12.1 Å². The second-order valence-corrected chi connectivity index (χ2v) is 9.93. The molecule has 2 aliphatic rings. The van der Waals surface area contributed by atoms with E-state index in [1.807, 2.05) is 24.3 Å². The number of nitrogens with zero attached hydrogens (tertiary/aromatic N) is 3. The van der Waals surface area contributed by atoms with Gasteiger partial charge in [-0.3, -0.25) is 29.1 Å². The van der Waals surface area contributed by atoms with Gasteiger partial charge < -0.3 is 5.32 Å². The van der Waals surface area contributed by atoms with Crippen molar-refractivity contribution in [1.82, 2.24) is 20.0 Å². The van der Waals surface area contributed by atoms with Crippen LogP contribution >= 0.6 is 0 Å². The molecule has 1 N–H and O–H groups in total. The second-order valence-electron chi connectivity index (χ2n) is 9.93. The Hall–Kier alpha value is -2.77. The molecule has 0 radical (unpaired) electrons. The number of carbonyl (C=O) groups excluding carboxylic acids is 3. The number of imide groups is 1. The number of rotatable bonds is 6. The molecule has 7 heteroatoms. The molecule has 1 fully saturated rings. The standard InChI is InChI=1S/C25H32N4O3/c1-25(2,3)17-26-21(30)16-28-12-10-27(11-13-28)14-15-29-23(31)19-8-4-6-18-7-5-9-20(22(18)19)24(29)32/h4-9H,10-17H2,1-3H3,(H,26,30). The maximum absolute atomic E-state index is 13.0. The van der Waals surface area contributed by atoms with Crippen LogP contribution in [0.5, 0.6) is 0 Å². The molecule has 0 bridgehead atoms. The summed E-state index contributed by atoms with van der Waals surface area (Å²) < 4.78 is 0. The molecule has 0 aliphatic carbocycles. The van der Waals surface area contributed by atoms with Gasteiger partial charge in [0, 0.05) is 62.3 Å². The minimum Gasteiger partial charge on any atom is -0.354 e. The Morgan fingerprint density at radius 3 is 2.00 bits per heavy atom. The maximum atomic E-state index is 13.0. The summed E-state index contributed by atoms with van der Waals surface area (Å²) >= 11 is 0. The molecular weight excluding hydrogens is 404 g/mol. The van der Waals surface area contributed by atoms with Crippen LogP contribution < -0.4 is 5.32 Å². The molecule has 0 atom stereocenters. The fourth-order valence-electron chi connectivity index (χ4n) is 4.32. The Kier molecular flexibility index (Phi) is 6.31. The molecule has 2 aromatic rings. The van der Waals surface area contributed by atoms with Crippen molar-refractivity contribution in [3.63, 3.8) is 0 Å². The van der Waals surface area contributed by atoms with E-state index in [1.165, 1.54) is 4.90 Å². The van der Waals surface area contributed by atoms with Crippen LogP contribution in [0, 0.1) is 5.41 Å². The van der Waals surface area contributed by atoms with Gasteiger partial charge in [-0.25, -0.2) is 0 Å². The van der Waals surface area contributed by atoms with E-state index in [-0.39, 0.29) is 23.1 Å². The van der Waals surface area contributed by atoms with Gasteiger partial charge in [-0.1, -0.05) is 45.0 Å². The van der Waals surface area contributed by atoms with E-state index < -0.39 is 0 Å². The highest BCUT2D eigenvalue weighted by Crippen LogP contribution is 2.29. The average molecular weight is 437 g/mol. The van der Waals surface area contributed by atoms with Crippen molar-refractivity contribution in [1.29, 1.82) is 0 Å². The molecule has 170 valence electrons. The van der Waals surface area contributed by atoms with Gasteiger partial charge in [0.15, 0.2) is 0 Å². The SMILES string of the molecule is CC(C)(C)CNC(=O)CN1CCN(CCN2C(=O)c3cccc4cccc(c34)C2=O)CC1. The summed E-state index contributed by atoms with van der Waals surface area (Å²) in [6.07, 6.45) is 0. The lowest BCUT2D eigenvalue weighted by atomic mass is 9.94. The summed E-state index contributed by atoms with van der Waals surface area (Å²) in [5.41, 5.74) is 1.27. The number of nitrogens with one attached hydrogen (secondary N) is 1. The minimum absolute atomic E-state index is 0.0609. The second kappa shape index (κ2) is 9.00. The van der Waals surface area contributed by atoms with Gasteiger partial charge in [-0.05, 0) is 22.9 Å². The molecule has 4 rings (SSSR count). The molecule has 7 nitrogen and oxygen atoms in total. The number of benzene rings is 2. The molecule has 0 saturated carbocycles. The molecule has 0 unspecified atom stereocenters. The van der Waals surface area contributed by atoms with Gasteiger partial charge in [-0.15, -0.1) is 0 Å². The Morgan fingerprint density at radius 1 is 0.875 bits per heavy atom. The molecular formula is C25H32N4O3. The molecule has 2 heterocycles. The molecule has 2 aromatic carbocycles. The van der Waals surface area contributed by atoms with Gasteiger partial charge in [0.25, 0.3) is 11.8 Å². The zero-order valence-corrected chi connectivity index (χ0v) is 19.2. The maximum Gasteiger partial charge on any atom is 0.261 e. The molecule has 2 aliphatic heterocycles. The fraction of sp³-hybridized carbons (Fsp3) is 0.480. The summed E-state index contributed by atoms with van der Waals surface area (Å²) in [6.45, 7) is 11.6. The first-order valence-corrected chi connectivity index (χ1v) is 11.3. The lowest BCUT2D eigenvalue weighted by Crippen LogP contribution is -2.52. The number of carbonyl (C=O) groups is 3. The van der Waals surface area contributed by atoms with Gasteiger partial charge in [0.05, 0.1) is 6.54 Å². The lowest BCUT2D eigenvalue weighted by molar-refractivity contribution is -0.123. The zero-order valence-electron chi connectivity index (χ0n) is 19.2. The van der Waals surface area contributed by atoms with Crippen molar-refractivity contribution in [2.75, 3.05) is 52.4 Å². The quantitative estimate of drug-likeness (QED) is 0.703. The number of amides is 3. The first-order valence-electron chi connectivity index (χ1n) is 11.3. The average Bonchev–Trinajstić information content (AvgIpc) is 2.76. The van der Waals surface area contributed by atoms with E-state index in [2.05, 4.69) is 35.9 Å². The molecule has 1 saturated heterocycles. The number of piperazine rings is 1. The summed E-state index contributed by atoms with van der Waals surface area (Å²) in [5.74, 6) is -0.368. The van der Waals surface area contributed by atoms with E-state index in [4.69, 9.17) is 0 Å². The van der Waals surface area contributed by atoms with Crippen molar-refractivity contribution < 1.29 is 14.4 Å². The summed E-state index contributed by atoms with van der Waals surface area (Å²) in [4.78, 5) is 44.0. The van der Waals surface area contributed by atoms with Crippen molar-refractivity contribution in [3.05, 3.63) is 47.5 Å². The third-order valence-electron chi connectivity index (χ3n) is 6.14. The van der Waals surface area contributed by atoms with E-state index in [0.29, 0.717) is 37.3 Å². The summed E-state index contributed by atoms with van der Waals surface area (Å²) in [6, 6.07) is 11.2. The van der Waals surface area contributed by atoms with Gasteiger partial charge in [-0.2, -0.15) is 0 Å². The van der Waals surface area contributed by atoms with Gasteiger partial charge in [0.2, 0.25) is 5.91 Å². The van der Waals surface area contributed by atoms with Crippen LogP contribution in [0.25, 0.3) is 10.8 Å². The molecule has 32 heavy (non-hydrogen) atoms. The largest absolute Gasteiger partial charge is 0.354 e. The van der Waals surface area contributed by atoms with Crippen molar-refractivity contribution in [3.8, 4) is 0 Å². The first-order chi connectivity index (χ1) is 15.2. The van der Waals surface area contributed by atoms with E-state index in [0.717, 1.165) is 37.0 Å². The highest BCUT2D eigenvalue weighted by Gasteiger charge is 2.33. The van der Waals surface area contributed by atoms with Gasteiger partial charge in [0.1, 0.15) is 0 Å². The first kappa shape index (κ1) is 22.4. The molecule has 3 amide bonds. The molecule has 0 aromatic heterocycles. The van der Waals surface area contributed by atoms with Crippen LogP contribution in [0.1, 0.15) is 41.5 Å². The normalized spacial score (nSPS) is 17.8. The fourth-order valence-corrected chi connectivity index (χ4v) is 4.32. The Bertz CT molecular complexity index is 984. The summed E-state index contributed by atoms with van der Waals surface area (Å²) in [7, 11) is 0. The van der Waals surface area contributed by atoms with Crippen LogP contribution in [0.2, 0.25) is 0 Å². The van der Waals surface area contributed by atoms with Crippen molar-refractivity contribution >= 4 is 28.5 Å². The van der Waals surface area contributed by atoms with Crippen LogP contribution in [0.3, 0.4) is 0 Å². The number of hydrogen-bond donors (Lipinski definition) is 1. The number of hydrogen-bond acceptors (Lipinski definition) is 5. The van der Waals surface area contributed by atoms with Crippen LogP contribution in [0.15, 0.2) is 36.4 Å². The van der Waals surface area contributed by atoms with Crippen LogP contribution in [0.4, 0.5) is 0 Å². The Morgan fingerprint density at radius 2 is 1.44 bits per heavy atom. The van der Waals surface area contributed by atoms with E-state index >= 15 is 0 Å². The topological polar surface area (TPSA) is 73.0 Å².